The quantitative estimate of drug-likeness (QED) is 0.379. The molecule has 0 aliphatic rings. The second-order valence-electron chi connectivity index (χ2n) is 6.43. The van der Waals surface area contributed by atoms with Crippen molar-refractivity contribution < 1.29 is 9.52 Å². The van der Waals surface area contributed by atoms with Gasteiger partial charge in [-0.3, -0.25) is 0 Å². The van der Waals surface area contributed by atoms with Gasteiger partial charge in [-0.05, 0) is 34.5 Å². The van der Waals surface area contributed by atoms with Crippen LogP contribution in [-0.4, -0.2) is 12.2 Å². The van der Waals surface area contributed by atoms with Crippen LogP contribution in [0.25, 0.3) is 43.8 Å². The molecule has 0 amide bonds. The van der Waals surface area contributed by atoms with Crippen LogP contribution in [0.2, 0.25) is 0 Å². The zero-order valence-corrected chi connectivity index (χ0v) is 14.3. The third-order valence-corrected chi connectivity index (χ3v) is 4.94. The molecule has 4 aromatic carbocycles. The Morgan fingerprint density at radius 3 is 2.46 bits per heavy atom. The van der Waals surface area contributed by atoms with Crippen LogP contribution in [0.1, 0.15) is 0 Å². The molecule has 2 N–H and O–H groups in total. The molecule has 0 fully saturated rings. The van der Waals surface area contributed by atoms with Gasteiger partial charge in [0.15, 0.2) is 0 Å². The first kappa shape index (κ1) is 14.8. The highest BCUT2D eigenvalue weighted by atomic mass is 16.3. The number of nitrogens with one attached hydrogen (secondary N) is 1. The summed E-state index contributed by atoms with van der Waals surface area (Å²) in [6.45, 7) is 0. The van der Waals surface area contributed by atoms with Gasteiger partial charge in [0.2, 0.25) is 0 Å². The molecule has 26 heavy (non-hydrogen) atoms. The SMILES string of the molecule is CNc1c(O)cc(-c2ccc3ccccc3c2)c2oc3ccccc3c12. The van der Waals surface area contributed by atoms with Gasteiger partial charge >= 0.3 is 0 Å². The highest BCUT2D eigenvalue weighted by Crippen LogP contribution is 2.44. The molecule has 5 aromatic rings. The Balaban J connectivity index is 1.90. The van der Waals surface area contributed by atoms with Crippen molar-refractivity contribution in [3.05, 3.63) is 72.8 Å². The Morgan fingerprint density at radius 2 is 1.62 bits per heavy atom. The monoisotopic (exact) mass is 339 g/mol. The van der Waals surface area contributed by atoms with Crippen molar-refractivity contribution in [2.24, 2.45) is 0 Å². The van der Waals surface area contributed by atoms with Gasteiger partial charge in [-0.1, -0.05) is 54.6 Å². The van der Waals surface area contributed by atoms with Gasteiger partial charge in [0.05, 0.1) is 11.1 Å². The molecule has 0 radical (unpaired) electrons. The minimum absolute atomic E-state index is 0.217. The Morgan fingerprint density at radius 1 is 0.846 bits per heavy atom. The summed E-state index contributed by atoms with van der Waals surface area (Å²) in [5.41, 5.74) is 4.19. The van der Waals surface area contributed by atoms with E-state index < -0.39 is 0 Å². The zero-order chi connectivity index (χ0) is 17.7. The zero-order valence-electron chi connectivity index (χ0n) is 14.3. The minimum Gasteiger partial charge on any atom is -0.506 e. The van der Waals surface area contributed by atoms with Gasteiger partial charge in [0, 0.05) is 18.0 Å². The number of para-hydroxylation sites is 1. The number of furan rings is 1. The van der Waals surface area contributed by atoms with E-state index in [1.165, 1.54) is 5.39 Å². The van der Waals surface area contributed by atoms with Crippen molar-refractivity contribution in [3.63, 3.8) is 0 Å². The van der Waals surface area contributed by atoms with Crippen LogP contribution < -0.4 is 5.32 Å². The summed E-state index contributed by atoms with van der Waals surface area (Å²) >= 11 is 0. The van der Waals surface area contributed by atoms with Crippen molar-refractivity contribution in [1.82, 2.24) is 0 Å². The lowest BCUT2D eigenvalue weighted by atomic mass is 9.98. The number of rotatable bonds is 2. The molecule has 0 aliphatic carbocycles. The summed E-state index contributed by atoms with van der Waals surface area (Å²) in [6, 6.07) is 24.3. The molecule has 5 rings (SSSR count). The maximum Gasteiger partial charge on any atom is 0.145 e. The second kappa shape index (κ2) is 5.53. The molecule has 1 heterocycles. The molecule has 0 atom stereocenters. The van der Waals surface area contributed by atoms with E-state index in [4.69, 9.17) is 4.42 Å². The van der Waals surface area contributed by atoms with Crippen molar-refractivity contribution in [1.29, 1.82) is 0 Å². The van der Waals surface area contributed by atoms with E-state index >= 15 is 0 Å². The smallest absolute Gasteiger partial charge is 0.145 e. The van der Waals surface area contributed by atoms with E-state index in [0.717, 1.165) is 38.5 Å². The average molecular weight is 339 g/mol. The first-order valence-corrected chi connectivity index (χ1v) is 8.60. The first-order valence-electron chi connectivity index (χ1n) is 8.60. The van der Waals surface area contributed by atoms with Crippen LogP contribution >= 0.6 is 0 Å². The third kappa shape index (κ3) is 2.07. The summed E-state index contributed by atoms with van der Waals surface area (Å²) in [5.74, 6) is 0.217. The van der Waals surface area contributed by atoms with E-state index in [2.05, 4.69) is 35.6 Å². The maximum atomic E-state index is 10.6. The highest BCUT2D eigenvalue weighted by Gasteiger charge is 2.19. The number of phenolic OH excluding ortho intramolecular Hbond substituents is 1. The molecule has 0 saturated heterocycles. The lowest BCUT2D eigenvalue weighted by molar-refractivity contribution is 0.478. The van der Waals surface area contributed by atoms with Gasteiger partial charge in [-0.25, -0.2) is 0 Å². The summed E-state index contributed by atoms with van der Waals surface area (Å²) in [5, 5.41) is 18.0. The predicted molar refractivity (Wildman–Crippen MR) is 108 cm³/mol. The topological polar surface area (TPSA) is 45.4 Å². The molecular weight excluding hydrogens is 322 g/mol. The minimum atomic E-state index is 0.217. The van der Waals surface area contributed by atoms with E-state index in [1.807, 2.05) is 43.4 Å². The molecule has 0 aliphatic heterocycles. The summed E-state index contributed by atoms with van der Waals surface area (Å²) in [6.07, 6.45) is 0. The number of hydrogen-bond acceptors (Lipinski definition) is 3. The molecule has 0 saturated carbocycles. The van der Waals surface area contributed by atoms with Gasteiger partial charge in [-0.2, -0.15) is 0 Å². The summed E-state index contributed by atoms with van der Waals surface area (Å²) in [4.78, 5) is 0. The second-order valence-corrected chi connectivity index (χ2v) is 6.43. The molecule has 126 valence electrons. The Kier molecular flexibility index (Phi) is 3.16. The van der Waals surface area contributed by atoms with Gasteiger partial charge in [-0.15, -0.1) is 0 Å². The lowest BCUT2D eigenvalue weighted by Gasteiger charge is -2.10. The van der Waals surface area contributed by atoms with Gasteiger partial charge < -0.3 is 14.8 Å². The van der Waals surface area contributed by atoms with Crippen LogP contribution in [0.5, 0.6) is 5.75 Å². The van der Waals surface area contributed by atoms with Crippen LogP contribution in [0.4, 0.5) is 5.69 Å². The van der Waals surface area contributed by atoms with Crippen LogP contribution in [0.15, 0.2) is 77.2 Å². The summed E-state index contributed by atoms with van der Waals surface area (Å²) < 4.78 is 6.20. The van der Waals surface area contributed by atoms with Gasteiger partial charge in [0.1, 0.15) is 16.9 Å². The number of fused-ring (bicyclic) bond motifs is 4. The highest BCUT2D eigenvalue weighted by molar-refractivity contribution is 6.17. The molecule has 0 bridgehead atoms. The Hall–Kier alpha value is -3.46. The van der Waals surface area contributed by atoms with Crippen molar-refractivity contribution >= 4 is 38.4 Å². The van der Waals surface area contributed by atoms with Crippen molar-refractivity contribution in [2.45, 2.75) is 0 Å². The van der Waals surface area contributed by atoms with E-state index in [1.54, 1.807) is 6.07 Å². The number of phenols is 1. The average Bonchev–Trinajstić information content (AvgIpc) is 3.06. The molecule has 0 unspecified atom stereocenters. The Labute approximate surface area is 150 Å². The molecule has 3 nitrogen and oxygen atoms in total. The molecular formula is C23H17NO2. The predicted octanol–water partition coefficient (Wildman–Crippen LogP) is 6.15. The van der Waals surface area contributed by atoms with Crippen molar-refractivity contribution in [2.75, 3.05) is 12.4 Å². The number of benzene rings is 4. The van der Waals surface area contributed by atoms with E-state index in [0.29, 0.717) is 5.69 Å². The fraction of sp³-hybridized carbons (Fsp3) is 0.0435. The fourth-order valence-corrected chi connectivity index (χ4v) is 3.71. The first-order chi connectivity index (χ1) is 12.8. The lowest BCUT2D eigenvalue weighted by Crippen LogP contribution is -1.91. The third-order valence-electron chi connectivity index (χ3n) is 4.94. The molecule has 3 heteroatoms. The number of aromatic hydroxyl groups is 1. The van der Waals surface area contributed by atoms with E-state index in [-0.39, 0.29) is 5.75 Å². The molecule has 1 aromatic heterocycles. The largest absolute Gasteiger partial charge is 0.506 e. The Bertz CT molecular complexity index is 1280. The maximum absolute atomic E-state index is 10.6. The number of hydrogen-bond donors (Lipinski definition) is 2. The van der Waals surface area contributed by atoms with Gasteiger partial charge in [0.25, 0.3) is 0 Å². The van der Waals surface area contributed by atoms with Crippen LogP contribution in [0, 0.1) is 0 Å². The fourth-order valence-electron chi connectivity index (χ4n) is 3.71. The number of anilines is 1. The molecule has 0 spiro atoms. The van der Waals surface area contributed by atoms with E-state index in [9.17, 15) is 5.11 Å². The summed E-state index contributed by atoms with van der Waals surface area (Å²) in [7, 11) is 1.81. The normalized spacial score (nSPS) is 11.4. The van der Waals surface area contributed by atoms with Crippen LogP contribution in [-0.2, 0) is 0 Å². The standard InChI is InChI=1S/C23H17NO2/c1-24-22-19(25)13-18(16-11-10-14-6-2-3-7-15(14)12-16)23-21(22)17-8-4-5-9-20(17)26-23/h2-13,24-25H,1H3. The van der Waals surface area contributed by atoms with Crippen molar-refractivity contribution in [3.8, 4) is 16.9 Å². The van der Waals surface area contributed by atoms with Crippen LogP contribution in [0.3, 0.4) is 0 Å².